The van der Waals surface area contributed by atoms with Crippen LogP contribution in [-0.4, -0.2) is 12.8 Å². The molecule has 0 N–H and O–H groups in total. The third-order valence-electron chi connectivity index (χ3n) is 8.74. The highest BCUT2D eigenvalue weighted by Gasteiger charge is 2.31. The minimum Gasteiger partial charge on any atom is -0.251 e. The van der Waals surface area contributed by atoms with E-state index in [2.05, 4.69) is 6.92 Å². The molecule has 3 aliphatic rings. The van der Waals surface area contributed by atoms with E-state index in [1.165, 1.54) is 50.7 Å². The molecule has 0 atom stereocenters. The summed E-state index contributed by atoms with van der Waals surface area (Å²) in [4.78, 5) is 0. The van der Waals surface area contributed by atoms with Crippen LogP contribution < -0.4 is 0 Å². The number of hydrogen-bond donors (Lipinski definition) is 0. The first-order chi connectivity index (χ1) is 16.0. The summed E-state index contributed by atoms with van der Waals surface area (Å²) in [6, 6.07) is 4.31. The molecule has 1 aromatic rings. The largest absolute Gasteiger partial charge is 0.251 e. The standard InChI is InChI=1S/C18H23F3.C11H21F/c19-16-8-5-13(6-9-16)12-1-3-14(4-2-12)15-7-10-17(20)18(21)11-15;1-2-3-10-4-6-11(7-5-10)8-9-12/h7,10-14,16H,1-6,8-9H2;10-11H,2-9H2,1H3. The number of halogens is 4. The summed E-state index contributed by atoms with van der Waals surface area (Å²) in [6.07, 6.45) is 16.1. The van der Waals surface area contributed by atoms with Gasteiger partial charge in [-0.05, 0) is 105 Å². The molecule has 4 rings (SSSR count). The van der Waals surface area contributed by atoms with Crippen molar-refractivity contribution in [2.45, 2.75) is 115 Å². The van der Waals surface area contributed by atoms with Gasteiger partial charge in [-0.25, -0.2) is 13.2 Å². The van der Waals surface area contributed by atoms with Crippen LogP contribution in [-0.2, 0) is 0 Å². The summed E-state index contributed by atoms with van der Waals surface area (Å²) in [5.41, 5.74) is 0.930. The molecule has 4 heteroatoms. The topological polar surface area (TPSA) is 0 Å². The monoisotopic (exact) mass is 468 g/mol. The Bertz CT molecular complexity index is 652. The maximum atomic E-state index is 13.3. The molecule has 3 saturated carbocycles. The first-order valence-corrected chi connectivity index (χ1v) is 13.6. The van der Waals surface area contributed by atoms with Crippen LogP contribution in [0.2, 0.25) is 0 Å². The van der Waals surface area contributed by atoms with E-state index in [9.17, 15) is 17.6 Å². The molecule has 0 saturated heterocycles. The van der Waals surface area contributed by atoms with Gasteiger partial charge in [0.15, 0.2) is 11.6 Å². The predicted octanol–water partition coefficient (Wildman–Crippen LogP) is 9.72. The van der Waals surface area contributed by atoms with E-state index in [-0.39, 0.29) is 6.67 Å². The van der Waals surface area contributed by atoms with E-state index in [0.29, 0.717) is 23.7 Å². The molecule has 3 fully saturated rings. The third kappa shape index (κ3) is 8.28. The van der Waals surface area contributed by atoms with Crippen molar-refractivity contribution < 1.29 is 17.6 Å². The van der Waals surface area contributed by atoms with Crippen molar-refractivity contribution >= 4 is 0 Å². The van der Waals surface area contributed by atoms with Crippen LogP contribution in [0.4, 0.5) is 17.6 Å². The van der Waals surface area contributed by atoms with E-state index in [1.54, 1.807) is 6.07 Å². The first-order valence-electron chi connectivity index (χ1n) is 13.6. The number of benzene rings is 1. The van der Waals surface area contributed by atoms with Gasteiger partial charge in [0.2, 0.25) is 0 Å². The SMILES string of the molecule is CCCC1CCC(CCF)CC1.Fc1ccc(C2CCC(C3CCC(F)CC3)CC2)cc1F. The number of alkyl halides is 2. The van der Waals surface area contributed by atoms with Gasteiger partial charge in [-0.3, -0.25) is 4.39 Å². The molecular formula is C29H44F4. The van der Waals surface area contributed by atoms with E-state index >= 15 is 0 Å². The van der Waals surface area contributed by atoms with Crippen LogP contribution in [0.25, 0.3) is 0 Å². The van der Waals surface area contributed by atoms with Gasteiger partial charge in [0.25, 0.3) is 0 Å². The lowest BCUT2D eigenvalue weighted by Gasteiger charge is -2.36. The first kappa shape index (κ1) is 26.5. The van der Waals surface area contributed by atoms with Crippen molar-refractivity contribution in [3.05, 3.63) is 35.4 Å². The molecule has 0 radical (unpaired) electrons. The summed E-state index contributed by atoms with van der Waals surface area (Å²) in [6.45, 7) is 2.15. The van der Waals surface area contributed by atoms with Crippen LogP contribution in [0.1, 0.15) is 115 Å². The highest BCUT2D eigenvalue weighted by Crippen LogP contribution is 2.43. The molecule has 0 amide bonds. The Morgan fingerprint density at radius 3 is 1.76 bits per heavy atom. The molecule has 188 valence electrons. The second-order valence-electron chi connectivity index (χ2n) is 11.0. The lowest BCUT2D eigenvalue weighted by atomic mass is 9.69. The fourth-order valence-corrected chi connectivity index (χ4v) is 6.61. The average Bonchev–Trinajstić information content (AvgIpc) is 2.84. The number of rotatable bonds is 6. The van der Waals surface area contributed by atoms with Gasteiger partial charge in [0.05, 0.1) is 6.67 Å². The highest BCUT2D eigenvalue weighted by molar-refractivity contribution is 5.22. The van der Waals surface area contributed by atoms with Crippen LogP contribution in [0.3, 0.4) is 0 Å². The molecule has 0 nitrogen and oxygen atoms in total. The molecule has 0 unspecified atom stereocenters. The fraction of sp³-hybridized carbons (Fsp3) is 0.793. The van der Waals surface area contributed by atoms with Crippen molar-refractivity contribution in [3.63, 3.8) is 0 Å². The quantitative estimate of drug-likeness (QED) is 0.364. The van der Waals surface area contributed by atoms with Gasteiger partial charge in [-0.15, -0.1) is 0 Å². The minimum absolute atomic E-state index is 0.108. The van der Waals surface area contributed by atoms with Gasteiger partial charge < -0.3 is 0 Å². The Hall–Kier alpha value is -1.06. The Morgan fingerprint density at radius 1 is 0.697 bits per heavy atom. The van der Waals surface area contributed by atoms with Gasteiger partial charge >= 0.3 is 0 Å². The van der Waals surface area contributed by atoms with E-state index in [1.807, 2.05) is 0 Å². The van der Waals surface area contributed by atoms with Crippen LogP contribution in [0, 0.1) is 35.3 Å². The van der Waals surface area contributed by atoms with Gasteiger partial charge in [-0.1, -0.05) is 51.5 Å². The summed E-state index contributed by atoms with van der Waals surface area (Å²) >= 11 is 0. The summed E-state index contributed by atoms with van der Waals surface area (Å²) in [5, 5.41) is 0. The summed E-state index contributed by atoms with van der Waals surface area (Å²) < 4.78 is 51.6. The fourth-order valence-electron chi connectivity index (χ4n) is 6.61. The smallest absolute Gasteiger partial charge is 0.159 e. The zero-order valence-electron chi connectivity index (χ0n) is 20.5. The molecule has 0 aliphatic heterocycles. The average molecular weight is 469 g/mol. The van der Waals surface area contributed by atoms with E-state index in [4.69, 9.17) is 0 Å². The predicted molar refractivity (Wildman–Crippen MR) is 129 cm³/mol. The van der Waals surface area contributed by atoms with E-state index in [0.717, 1.165) is 69.3 Å². The van der Waals surface area contributed by atoms with Crippen LogP contribution in [0.5, 0.6) is 0 Å². The van der Waals surface area contributed by atoms with Crippen LogP contribution in [0.15, 0.2) is 18.2 Å². The van der Waals surface area contributed by atoms with E-state index < -0.39 is 17.8 Å². The maximum Gasteiger partial charge on any atom is 0.159 e. The van der Waals surface area contributed by atoms with Crippen molar-refractivity contribution in [1.82, 2.24) is 0 Å². The second-order valence-corrected chi connectivity index (χ2v) is 11.0. The normalized spacial score (nSPS) is 32.6. The van der Waals surface area contributed by atoms with Gasteiger partial charge in [0.1, 0.15) is 6.17 Å². The molecule has 0 heterocycles. The van der Waals surface area contributed by atoms with Crippen molar-refractivity contribution in [2.75, 3.05) is 6.67 Å². The molecular weight excluding hydrogens is 424 g/mol. The molecule has 0 bridgehead atoms. The summed E-state index contributed by atoms with van der Waals surface area (Å²) in [7, 11) is 0. The van der Waals surface area contributed by atoms with Crippen molar-refractivity contribution in [2.24, 2.45) is 23.7 Å². The van der Waals surface area contributed by atoms with Crippen molar-refractivity contribution in [3.8, 4) is 0 Å². The Balaban J connectivity index is 0.000000218. The molecule has 33 heavy (non-hydrogen) atoms. The lowest BCUT2D eigenvalue weighted by molar-refractivity contribution is 0.138. The summed E-state index contributed by atoms with van der Waals surface area (Å²) in [5.74, 6) is 1.91. The zero-order valence-corrected chi connectivity index (χ0v) is 20.5. The van der Waals surface area contributed by atoms with Crippen molar-refractivity contribution in [1.29, 1.82) is 0 Å². The zero-order chi connectivity index (χ0) is 23.6. The third-order valence-corrected chi connectivity index (χ3v) is 8.74. The molecule has 3 aliphatic carbocycles. The second kappa shape index (κ2) is 13.7. The van der Waals surface area contributed by atoms with Gasteiger partial charge in [0, 0.05) is 0 Å². The molecule has 0 aromatic heterocycles. The number of hydrogen-bond acceptors (Lipinski definition) is 0. The Kier molecular flexibility index (Phi) is 11.0. The minimum atomic E-state index is -0.768. The lowest BCUT2D eigenvalue weighted by Crippen LogP contribution is -2.25. The van der Waals surface area contributed by atoms with Crippen LogP contribution >= 0.6 is 0 Å². The molecule has 1 aromatic carbocycles. The highest BCUT2D eigenvalue weighted by atomic mass is 19.2. The Labute approximate surface area is 198 Å². The Morgan fingerprint density at radius 2 is 1.24 bits per heavy atom. The molecule has 0 spiro atoms. The van der Waals surface area contributed by atoms with Gasteiger partial charge in [-0.2, -0.15) is 0 Å². The maximum absolute atomic E-state index is 13.3.